The van der Waals surface area contributed by atoms with Crippen LogP contribution in [0, 0.1) is 6.92 Å². The Morgan fingerprint density at radius 1 is 1.53 bits per heavy atom. The number of rotatable bonds is 4. The van der Waals surface area contributed by atoms with Crippen LogP contribution >= 0.6 is 0 Å². The Bertz CT molecular complexity index is 411. The van der Waals surface area contributed by atoms with Gasteiger partial charge < -0.3 is 15.2 Å². The number of hydrogen-bond acceptors (Lipinski definition) is 3. The maximum Gasteiger partial charge on any atom is 0.256 e. The van der Waals surface area contributed by atoms with Crippen molar-refractivity contribution in [3.05, 3.63) is 23.8 Å². The Labute approximate surface area is 102 Å². The molecule has 0 aliphatic rings. The molecule has 0 saturated heterocycles. The van der Waals surface area contributed by atoms with Gasteiger partial charge in [0.1, 0.15) is 11.4 Å². The summed E-state index contributed by atoms with van der Waals surface area (Å²) < 4.78 is 5.20. The molecule has 0 aliphatic carbocycles. The summed E-state index contributed by atoms with van der Waals surface area (Å²) in [4.78, 5) is 12.0. The van der Waals surface area contributed by atoms with Crippen molar-refractivity contribution in [1.29, 1.82) is 0 Å². The van der Waals surface area contributed by atoms with E-state index in [9.17, 15) is 9.90 Å². The lowest BCUT2D eigenvalue weighted by Crippen LogP contribution is -2.41. The molecule has 1 unspecified atom stereocenters. The number of aromatic hydroxyl groups is 1. The van der Waals surface area contributed by atoms with Gasteiger partial charge in [-0.1, -0.05) is 13.0 Å². The average Bonchev–Trinajstić information content (AvgIpc) is 2.32. The second-order valence-electron chi connectivity index (χ2n) is 4.26. The van der Waals surface area contributed by atoms with Crippen LogP contribution in [0.1, 0.15) is 25.8 Å². The third-order valence-electron chi connectivity index (χ3n) is 3.01. The molecule has 0 bridgehead atoms. The minimum Gasteiger partial charge on any atom is -0.506 e. The SMILES string of the molecule is CCC(C)(OC)C(=O)Nc1cc(C)ccc1O. The number of anilines is 1. The first-order chi connectivity index (χ1) is 7.92. The van der Waals surface area contributed by atoms with E-state index in [1.165, 1.54) is 7.11 Å². The number of amides is 1. The molecule has 1 aromatic carbocycles. The van der Waals surface area contributed by atoms with Gasteiger partial charge in [-0.25, -0.2) is 0 Å². The molecule has 2 N–H and O–H groups in total. The molecule has 4 heteroatoms. The van der Waals surface area contributed by atoms with Crippen LogP contribution in [0.4, 0.5) is 5.69 Å². The highest BCUT2D eigenvalue weighted by atomic mass is 16.5. The summed E-state index contributed by atoms with van der Waals surface area (Å²) in [5, 5.41) is 12.3. The summed E-state index contributed by atoms with van der Waals surface area (Å²) >= 11 is 0. The van der Waals surface area contributed by atoms with Gasteiger partial charge in [0.05, 0.1) is 5.69 Å². The van der Waals surface area contributed by atoms with Crippen LogP contribution < -0.4 is 5.32 Å². The summed E-state index contributed by atoms with van der Waals surface area (Å²) in [6.45, 7) is 5.48. The van der Waals surface area contributed by atoms with E-state index in [4.69, 9.17) is 4.74 Å². The quantitative estimate of drug-likeness (QED) is 0.791. The van der Waals surface area contributed by atoms with Crippen LogP contribution in [0.25, 0.3) is 0 Å². The van der Waals surface area contributed by atoms with Gasteiger partial charge in [0.25, 0.3) is 5.91 Å². The fraction of sp³-hybridized carbons (Fsp3) is 0.462. The van der Waals surface area contributed by atoms with Gasteiger partial charge in [0.15, 0.2) is 0 Å². The van der Waals surface area contributed by atoms with E-state index < -0.39 is 5.60 Å². The zero-order chi connectivity index (χ0) is 13.1. The first kappa shape index (κ1) is 13.5. The van der Waals surface area contributed by atoms with Gasteiger partial charge in [-0.05, 0) is 38.0 Å². The Morgan fingerprint density at radius 3 is 2.71 bits per heavy atom. The molecule has 0 saturated carbocycles. The van der Waals surface area contributed by atoms with E-state index in [0.29, 0.717) is 12.1 Å². The van der Waals surface area contributed by atoms with Crippen molar-refractivity contribution in [3.63, 3.8) is 0 Å². The van der Waals surface area contributed by atoms with E-state index in [0.717, 1.165) is 5.56 Å². The maximum atomic E-state index is 12.0. The molecule has 0 aliphatic heterocycles. The lowest BCUT2D eigenvalue weighted by Gasteiger charge is -2.25. The first-order valence-corrected chi connectivity index (χ1v) is 5.59. The summed E-state index contributed by atoms with van der Waals surface area (Å²) in [6, 6.07) is 5.06. The Kier molecular flexibility index (Phi) is 4.12. The smallest absolute Gasteiger partial charge is 0.256 e. The van der Waals surface area contributed by atoms with E-state index in [1.54, 1.807) is 25.1 Å². The Hall–Kier alpha value is -1.55. The van der Waals surface area contributed by atoms with E-state index in [1.807, 2.05) is 13.8 Å². The highest BCUT2D eigenvalue weighted by Gasteiger charge is 2.31. The van der Waals surface area contributed by atoms with Gasteiger partial charge in [0, 0.05) is 7.11 Å². The third kappa shape index (κ3) is 2.97. The standard InChI is InChI=1S/C13H19NO3/c1-5-13(3,17-4)12(16)14-10-8-9(2)6-7-11(10)15/h6-8,15H,5H2,1-4H3,(H,14,16). The lowest BCUT2D eigenvalue weighted by molar-refractivity contribution is -0.136. The van der Waals surface area contributed by atoms with Gasteiger partial charge in [-0.15, -0.1) is 0 Å². The molecule has 1 atom stereocenters. The Morgan fingerprint density at radius 2 is 2.18 bits per heavy atom. The van der Waals surface area contributed by atoms with Crippen molar-refractivity contribution in [2.24, 2.45) is 0 Å². The minimum absolute atomic E-state index is 0.0542. The Balaban J connectivity index is 2.91. The first-order valence-electron chi connectivity index (χ1n) is 5.59. The predicted molar refractivity (Wildman–Crippen MR) is 67.2 cm³/mol. The summed E-state index contributed by atoms with van der Waals surface area (Å²) in [7, 11) is 1.50. The molecule has 0 radical (unpaired) electrons. The van der Waals surface area contributed by atoms with Crippen molar-refractivity contribution in [1.82, 2.24) is 0 Å². The van der Waals surface area contributed by atoms with E-state index >= 15 is 0 Å². The summed E-state index contributed by atoms with van der Waals surface area (Å²) in [6.07, 6.45) is 0.557. The van der Waals surface area contributed by atoms with Crippen molar-refractivity contribution in [2.75, 3.05) is 12.4 Å². The molecule has 0 fully saturated rings. The number of aryl methyl sites for hydroxylation is 1. The van der Waals surface area contributed by atoms with Gasteiger partial charge >= 0.3 is 0 Å². The average molecular weight is 237 g/mol. The van der Waals surface area contributed by atoms with Gasteiger partial charge in [-0.2, -0.15) is 0 Å². The van der Waals surface area contributed by atoms with Crippen molar-refractivity contribution >= 4 is 11.6 Å². The number of phenolic OH excluding ortho intramolecular Hbond substituents is 1. The molecule has 1 rings (SSSR count). The highest BCUT2D eigenvalue weighted by Crippen LogP contribution is 2.26. The summed E-state index contributed by atoms with van der Waals surface area (Å²) in [5.41, 5.74) is 0.497. The molecule has 1 amide bonds. The van der Waals surface area contributed by atoms with Crippen molar-refractivity contribution in [3.8, 4) is 5.75 Å². The van der Waals surface area contributed by atoms with Crippen LogP contribution in [-0.4, -0.2) is 23.7 Å². The second-order valence-corrected chi connectivity index (χ2v) is 4.26. The van der Waals surface area contributed by atoms with Crippen LogP contribution in [0.5, 0.6) is 5.75 Å². The van der Waals surface area contributed by atoms with E-state index in [2.05, 4.69) is 5.32 Å². The second kappa shape index (κ2) is 5.19. The van der Waals surface area contributed by atoms with Gasteiger partial charge in [-0.3, -0.25) is 4.79 Å². The minimum atomic E-state index is -0.879. The topological polar surface area (TPSA) is 58.6 Å². The fourth-order valence-electron chi connectivity index (χ4n) is 1.40. The number of phenols is 1. The monoisotopic (exact) mass is 237 g/mol. The molecule has 4 nitrogen and oxygen atoms in total. The highest BCUT2D eigenvalue weighted by molar-refractivity contribution is 5.98. The van der Waals surface area contributed by atoms with Crippen LogP contribution in [0.3, 0.4) is 0 Å². The predicted octanol–water partition coefficient (Wildman–Crippen LogP) is 2.45. The largest absolute Gasteiger partial charge is 0.506 e. The van der Waals surface area contributed by atoms with E-state index in [-0.39, 0.29) is 11.7 Å². The lowest BCUT2D eigenvalue weighted by atomic mass is 10.0. The molecule has 1 aromatic rings. The number of methoxy groups -OCH3 is 1. The molecule has 0 heterocycles. The number of hydrogen-bond donors (Lipinski definition) is 2. The van der Waals surface area contributed by atoms with Crippen molar-refractivity contribution < 1.29 is 14.6 Å². The van der Waals surface area contributed by atoms with Crippen LogP contribution in [0.15, 0.2) is 18.2 Å². The van der Waals surface area contributed by atoms with Gasteiger partial charge in [0.2, 0.25) is 0 Å². The molecule has 94 valence electrons. The fourth-order valence-corrected chi connectivity index (χ4v) is 1.40. The summed E-state index contributed by atoms with van der Waals surface area (Å²) in [5.74, 6) is -0.207. The third-order valence-corrected chi connectivity index (χ3v) is 3.01. The van der Waals surface area contributed by atoms with Crippen LogP contribution in [0.2, 0.25) is 0 Å². The molecular weight excluding hydrogens is 218 g/mol. The zero-order valence-electron chi connectivity index (χ0n) is 10.7. The maximum absolute atomic E-state index is 12.0. The molecule has 17 heavy (non-hydrogen) atoms. The number of benzene rings is 1. The molecule has 0 aromatic heterocycles. The number of ether oxygens (including phenoxy) is 1. The number of nitrogens with one attached hydrogen (secondary N) is 1. The van der Waals surface area contributed by atoms with Crippen LogP contribution in [-0.2, 0) is 9.53 Å². The molecular formula is C13H19NO3. The normalized spacial score (nSPS) is 14.1. The van der Waals surface area contributed by atoms with Crippen molar-refractivity contribution in [2.45, 2.75) is 32.8 Å². The zero-order valence-corrected chi connectivity index (χ0v) is 10.7. The number of carbonyl (C=O) groups is 1. The molecule has 0 spiro atoms. The number of carbonyl (C=O) groups excluding carboxylic acids is 1.